The number of ketones is 1. The second kappa shape index (κ2) is 10.4. The SMILES string of the molecule is C=C[C@]1(C)C[C@@H](OC(=O)c2cccn(NC(=O)c3cccnc3)c2=O)[C@@]2(C)C3C(=O)CC[C@@]3(CC[C@H]2C)[C@@H](C)[C@@H]1O. The molecule has 2 aromatic rings. The summed E-state index contributed by atoms with van der Waals surface area (Å²) in [6.07, 6.45) is 7.50. The largest absolute Gasteiger partial charge is 0.458 e. The zero-order valence-electron chi connectivity index (χ0n) is 24.1. The predicted molar refractivity (Wildman–Crippen MR) is 153 cm³/mol. The Labute approximate surface area is 240 Å². The minimum atomic E-state index is -0.838. The van der Waals surface area contributed by atoms with Gasteiger partial charge in [0.05, 0.1) is 11.7 Å². The van der Waals surface area contributed by atoms with Crippen LogP contribution < -0.4 is 11.0 Å². The van der Waals surface area contributed by atoms with Gasteiger partial charge in [-0.2, -0.15) is 0 Å². The molecule has 0 aromatic carbocycles. The first-order valence-electron chi connectivity index (χ1n) is 14.4. The Morgan fingerprint density at radius 3 is 2.63 bits per heavy atom. The van der Waals surface area contributed by atoms with E-state index < -0.39 is 45.9 Å². The van der Waals surface area contributed by atoms with Crippen molar-refractivity contribution in [3.8, 4) is 0 Å². The molecule has 8 atom stereocenters. The Balaban J connectivity index is 1.52. The Morgan fingerprint density at radius 1 is 1.20 bits per heavy atom. The molecule has 0 saturated heterocycles. The summed E-state index contributed by atoms with van der Waals surface area (Å²) in [7, 11) is 0. The molecule has 9 heteroatoms. The maximum Gasteiger partial charge on any atom is 0.344 e. The van der Waals surface area contributed by atoms with Crippen LogP contribution in [0.4, 0.5) is 0 Å². The lowest BCUT2D eigenvalue weighted by atomic mass is 9.44. The summed E-state index contributed by atoms with van der Waals surface area (Å²) < 4.78 is 7.19. The zero-order valence-corrected chi connectivity index (χ0v) is 24.1. The quantitative estimate of drug-likeness (QED) is 0.415. The van der Waals surface area contributed by atoms with Crippen molar-refractivity contribution in [2.45, 2.75) is 72.0 Å². The highest BCUT2D eigenvalue weighted by atomic mass is 16.5. The van der Waals surface area contributed by atoms with E-state index in [-0.39, 0.29) is 41.1 Å². The van der Waals surface area contributed by atoms with E-state index in [1.54, 1.807) is 18.2 Å². The van der Waals surface area contributed by atoms with Gasteiger partial charge in [-0.15, -0.1) is 6.58 Å². The average Bonchev–Trinajstić information content (AvgIpc) is 3.32. The highest BCUT2D eigenvalue weighted by molar-refractivity contribution is 5.99. The fourth-order valence-corrected chi connectivity index (χ4v) is 8.10. The smallest absolute Gasteiger partial charge is 0.344 e. The van der Waals surface area contributed by atoms with Crippen molar-refractivity contribution in [1.82, 2.24) is 9.66 Å². The molecule has 3 fully saturated rings. The molecule has 218 valence electrons. The monoisotopic (exact) mass is 561 g/mol. The summed E-state index contributed by atoms with van der Waals surface area (Å²) in [6, 6.07) is 6.01. The topological polar surface area (TPSA) is 128 Å². The normalized spacial score (nSPS) is 36.4. The number of hydrogen-bond acceptors (Lipinski definition) is 7. The van der Waals surface area contributed by atoms with Crippen LogP contribution in [0, 0.1) is 34.0 Å². The van der Waals surface area contributed by atoms with Gasteiger partial charge in [0.2, 0.25) is 0 Å². The summed E-state index contributed by atoms with van der Waals surface area (Å²) in [5.41, 5.74) is -0.142. The van der Waals surface area contributed by atoms with Crippen molar-refractivity contribution in [2.24, 2.45) is 34.0 Å². The first kappa shape index (κ1) is 28.9. The number of aliphatic hydroxyl groups is 1. The van der Waals surface area contributed by atoms with Crippen LogP contribution >= 0.6 is 0 Å². The van der Waals surface area contributed by atoms with E-state index in [0.29, 0.717) is 12.8 Å². The summed E-state index contributed by atoms with van der Waals surface area (Å²) in [5.74, 6) is -1.70. The molecule has 1 unspecified atom stereocenters. The van der Waals surface area contributed by atoms with Crippen LogP contribution in [0.15, 0.2) is 60.3 Å². The molecular formula is C32H39N3O6. The first-order chi connectivity index (χ1) is 19.4. The van der Waals surface area contributed by atoms with E-state index >= 15 is 0 Å². The van der Waals surface area contributed by atoms with Gasteiger partial charge in [-0.1, -0.05) is 33.8 Å². The van der Waals surface area contributed by atoms with E-state index in [0.717, 1.165) is 17.5 Å². The van der Waals surface area contributed by atoms with Gasteiger partial charge in [0.25, 0.3) is 11.5 Å². The van der Waals surface area contributed by atoms with Gasteiger partial charge in [-0.3, -0.25) is 24.8 Å². The number of carbonyl (C=O) groups is 3. The zero-order chi connectivity index (χ0) is 29.7. The maximum atomic E-state index is 13.7. The number of nitrogens with zero attached hydrogens (tertiary/aromatic N) is 2. The van der Waals surface area contributed by atoms with Gasteiger partial charge >= 0.3 is 5.97 Å². The molecule has 9 nitrogen and oxygen atoms in total. The standard InChI is InChI=1S/C32H39N3O6/c1-6-30(4)17-24(31(5)19(2)11-13-32(20(3)26(30)37)14-12-23(36)25(31)32)41-29(40)22-10-8-16-35(28(22)39)34-27(38)21-9-7-15-33-18-21/h6-10,15-16,18-20,24-26,37H,1,11-14,17H2,2-5H3,(H,34,38)/t19-,20+,24-,25?,26+,30-,31+,32+/m1/s1. The number of hydrogen-bond donors (Lipinski definition) is 2. The van der Waals surface area contributed by atoms with Crippen LogP contribution in [0.3, 0.4) is 0 Å². The molecule has 3 aliphatic rings. The van der Waals surface area contributed by atoms with E-state index in [9.17, 15) is 24.3 Å². The number of rotatable bonds is 5. The van der Waals surface area contributed by atoms with Crippen molar-refractivity contribution in [3.05, 3.63) is 77.0 Å². The third-order valence-electron chi connectivity index (χ3n) is 10.9. The number of pyridine rings is 2. The first-order valence-corrected chi connectivity index (χ1v) is 14.4. The molecule has 2 aromatic heterocycles. The minimum absolute atomic E-state index is 0.0585. The predicted octanol–water partition coefficient (Wildman–Crippen LogP) is 4.15. The number of esters is 1. The van der Waals surface area contributed by atoms with E-state index in [4.69, 9.17) is 4.74 Å². The maximum absolute atomic E-state index is 13.7. The lowest BCUT2D eigenvalue weighted by Crippen LogP contribution is -2.63. The van der Waals surface area contributed by atoms with Crippen LogP contribution in [-0.4, -0.2) is 44.6 Å². The number of aliphatic hydroxyl groups excluding tert-OH is 1. The molecule has 5 rings (SSSR count). The molecular weight excluding hydrogens is 522 g/mol. The highest BCUT2D eigenvalue weighted by Gasteiger charge is 2.68. The Morgan fingerprint density at radius 2 is 1.95 bits per heavy atom. The van der Waals surface area contributed by atoms with Crippen molar-refractivity contribution in [2.75, 3.05) is 5.43 Å². The number of aromatic nitrogens is 2. The molecule has 3 saturated carbocycles. The van der Waals surface area contributed by atoms with Crippen molar-refractivity contribution in [1.29, 1.82) is 0 Å². The number of nitrogens with one attached hydrogen (secondary N) is 1. The third kappa shape index (κ3) is 4.45. The fraction of sp³-hybridized carbons (Fsp3) is 0.531. The van der Waals surface area contributed by atoms with E-state index in [2.05, 4.69) is 23.9 Å². The molecule has 2 N–H and O–H groups in total. The highest BCUT2D eigenvalue weighted by Crippen LogP contribution is 2.68. The molecule has 3 aliphatic carbocycles. The van der Waals surface area contributed by atoms with E-state index in [1.807, 2.05) is 20.8 Å². The fourth-order valence-electron chi connectivity index (χ4n) is 8.10. The number of ether oxygens (including phenoxy) is 1. The van der Waals surface area contributed by atoms with Crippen LogP contribution in [0.1, 0.15) is 80.5 Å². The summed E-state index contributed by atoms with van der Waals surface area (Å²) in [4.78, 5) is 57.2. The number of amides is 1. The van der Waals surface area contributed by atoms with Crippen molar-refractivity contribution in [3.63, 3.8) is 0 Å². The molecule has 2 bridgehead atoms. The number of Topliss-reactive ketones (excluding diaryl/α,β-unsaturated/α-hetero) is 1. The Hall–Kier alpha value is -3.59. The third-order valence-corrected chi connectivity index (χ3v) is 10.9. The van der Waals surface area contributed by atoms with Gasteiger partial charge in [0.15, 0.2) is 0 Å². The lowest BCUT2D eigenvalue weighted by molar-refractivity contribution is -0.192. The van der Waals surface area contributed by atoms with Crippen LogP contribution in [0.25, 0.3) is 0 Å². The van der Waals surface area contributed by atoms with E-state index in [1.165, 1.54) is 30.7 Å². The Bertz CT molecular complexity index is 1440. The lowest BCUT2D eigenvalue weighted by Gasteiger charge is -2.61. The van der Waals surface area contributed by atoms with Gasteiger partial charge in [0.1, 0.15) is 17.5 Å². The van der Waals surface area contributed by atoms with Crippen molar-refractivity contribution >= 4 is 17.7 Å². The minimum Gasteiger partial charge on any atom is -0.458 e. The Kier molecular flexibility index (Phi) is 7.30. The number of carbonyl (C=O) groups excluding carboxylic acids is 3. The summed E-state index contributed by atoms with van der Waals surface area (Å²) in [5, 5.41) is 11.7. The van der Waals surface area contributed by atoms with Gasteiger partial charge in [-0.25, -0.2) is 9.47 Å². The molecule has 41 heavy (non-hydrogen) atoms. The second-order valence-electron chi connectivity index (χ2n) is 12.8. The van der Waals surface area contributed by atoms with Crippen LogP contribution in [0.5, 0.6) is 0 Å². The van der Waals surface area contributed by atoms with Gasteiger partial charge in [-0.05, 0) is 67.2 Å². The molecule has 0 radical (unpaired) electrons. The van der Waals surface area contributed by atoms with Gasteiger partial charge < -0.3 is 9.84 Å². The average molecular weight is 562 g/mol. The van der Waals surface area contributed by atoms with Crippen LogP contribution in [-0.2, 0) is 9.53 Å². The molecule has 1 amide bonds. The van der Waals surface area contributed by atoms with Crippen LogP contribution in [0.2, 0.25) is 0 Å². The summed E-state index contributed by atoms with van der Waals surface area (Å²) in [6.45, 7) is 12.1. The van der Waals surface area contributed by atoms with Gasteiger partial charge in [0, 0.05) is 41.8 Å². The van der Waals surface area contributed by atoms with Crippen molar-refractivity contribution < 1.29 is 24.2 Å². The molecule has 2 heterocycles. The molecule has 0 aliphatic heterocycles. The molecule has 0 spiro atoms. The summed E-state index contributed by atoms with van der Waals surface area (Å²) >= 11 is 0. The second-order valence-corrected chi connectivity index (χ2v) is 12.8.